The van der Waals surface area contributed by atoms with Crippen molar-refractivity contribution in [3.63, 3.8) is 0 Å². The fraction of sp³-hybridized carbons (Fsp3) is 0.467. The molecule has 2 amide bonds. The summed E-state index contributed by atoms with van der Waals surface area (Å²) in [5.41, 5.74) is 1.23. The summed E-state index contributed by atoms with van der Waals surface area (Å²) in [5, 5.41) is 0. The van der Waals surface area contributed by atoms with E-state index in [0.717, 1.165) is 6.42 Å². The Labute approximate surface area is 124 Å². The zero-order chi connectivity index (χ0) is 14.4. The van der Waals surface area contributed by atoms with Crippen molar-refractivity contribution in [1.82, 2.24) is 9.80 Å². The molecule has 108 valence electrons. The third-order valence-corrected chi connectivity index (χ3v) is 4.34. The molecule has 0 aliphatic carbocycles. The molecule has 20 heavy (non-hydrogen) atoms. The highest BCUT2D eigenvalue weighted by molar-refractivity contribution is 8.00. The van der Waals surface area contributed by atoms with Crippen LogP contribution in [0.3, 0.4) is 0 Å². The molecule has 1 heterocycles. The number of thioether (sulfide) groups is 1. The molecule has 1 saturated heterocycles. The number of nitrogens with zero attached hydrogens (tertiary/aromatic N) is 2. The molecule has 2 rings (SSSR count). The fourth-order valence-corrected chi connectivity index (χ4v) is 3.08. The lowest BCUT2D eigenvalue weighted by Gasteiger charge is -2.24. The summed E-state index contributed by atoms with van der Waals surface area (Å²) in [6, 6.07) is 10.1. The normalized spacial score (nSPS) is 14.7. The molecule has 0 N–H and O–H groups in total. The zero-order valence-electron chi connectivity index (χ0n) is 11.7. The minimum absolute atomic E-state index is 0.0410. The summed E-state index contributed by atoms with van der Waals surface area (Å²) in [5.74, 6) is 1.26. The van der Waals surface area contributed by atoms with Gasteiger partial charge in [0.15, 0.2) is 0 Å². The van der Waals surface area contributed by atoms with Crippen molar-refractivity contribution in [2.45, 2.75) is 13.3 Å². The van der Waals surface area contributed by atoms with Crippen molar-refractivity contribution in [3.8, 4) is 0 Å². The summed E-state index contributed by atoms with van der Waals surface area (Å²) in [4.78, 5) is 27.2. The van der Waals surface area contributed by atoms with E-state index < -0.39 is 0 Å². The summed E-state index contributed by atoms with van der Waals surface area (Å²) in [7, 11) is 0. The van der Waals surface area contributed by atoms with E-state index in [4.69, 9.17) is 0 Å². The van der Waals surface area contributed by atoms with Gasteiger partial charge < -0.3 is 9.80 Å². The molecule has 1 aromatic rings. The summed E-state index contributed by atoms with van der Waals surface area (Å²) >= 11 is 1.57. The second kappa shape index (κ2) is 7.33. The van der Waals surface area contributed by atoms with Crippen LogP contribution in [0.4, 0.5) is 0 Å². The van der Waals surface area contributed by atoms with Crippen LogP contribution < -0.4 is 0 Å². The number of benzene rings is 1. The van der Waals surface area contributed by atoms with Crippen LogP contribution >= 0.6 is 11.8 Å². The average molecular weight is 292 g/mol. The maximum Gasteiger partial charge on any atom is 0.242 e. The SMILES string of the molecule is CCN(CCc1ccccc1)C(=O)CN1CSCC1=O. The van der Waals surface area contributed by atoms with Gasteiger partial charge in [-0.3, -0.25) is 9.59 Å². The van der Waals surface area contributed by atoms with E-state index in [9.17, 15) is 9.59 Å². The Balaban J connectivity index is 1.84. The highest BCUT2D eigenvalue weighted by atomic mass is 32.2. The van der Waals surface area contributed by atoms with E-state index >= 15 is 0 Å². The van der Waals surface area contributed by atoms with Gasteiger partial charge in [0, 0.05) is 13.1 Å². The molecule has 0 bridgehead atoms. The second-order valence-electron chi connectivity index (χ2n) is 4.78. The molecule has 0 saturated carbocycles. The first-order chi connectivity index (χ1) is 9.70. The van der Waals surface area contributed by atoms with Gasteiger partial charge in [-0.25, -0.2) is 0 Å². The van der Waals surface area contributed by atoms with Gasteiger partial charge in [0.2, 0.25) is 11.8 Å². The predicted molar refractivity (Wildman–Crippen MR) is 81.4 cm³/mol. The highest BCUT2D eigenvalue weighted by Gasteiger charge is 2.24. The minimum atomic E-state index is 0.0410. The van der Waals surface area contributed by atoms with E-state index in [-0.39, 0.29) is 18.4 Å². The highest BCUT2D eigenvalue weighted by Crippen LogP contribution is 2.14. The Morgan fingerprint density at radius 3 is 2.70 bits per heavy atom. The van der Waals surface area contributed by atoms with Crippen molar-refractivity contribution in [2.24, 2.45) is 0 Å². The van der Waals surface area contributed by atoms with E-state index in [1.54, 1.807) is 16.7 Å². The molecule has 0 aromatic heterocycles. The number of likely N-dealkylation sites (N-methyl/N-ethyl adjacent to an activating group) is 1. The lowest BCUT2D eigenvalue weighted by atomic mass is 10.1. The van der Waals surface area contributed by atoms with Crippen LogP contribution in [0.2, 0.25) is 0 Å². The molecule has 0 radical (unpaired) electrons. The first-order valence-corrected chi connectivity index (χ1v) is 8.03. The van der Waals surface area contributed by atoms with Crippen molar-refractivity contribution in [3.05, 3.63) is 35.9 Å². The molecule has 4 nitrogen and oxygen atoms in total. The van der Waals surface area contributed by atoms with Gasteiger partial charge in [-0.1, -0.05) is 30.3 Å². The summed E-state index contributed by atoms with van der Waals surface area (Å²) in [6.45, 7) is 3.58. The monoisotopic (exact) mass is 292 g/mol. The fourth-order valence-electron chi connectivity index (χ4n) is 2.17. The lowest BCUT2D eigenvalue weighted by Crippen LogP contribution is -2.41. The number of carbonyl (C=O) groups is 2. The Morgan fingerprint density at radius 2 is 2.10 bits per heavy atom. The Kier molecular flexibility index (Phi) is 5.47. The number of carbonyl (C=O) groups excluding carboxylic acids is 2. The number of amides is 2. The maximum absolute atomic E-state index is 12.2. The van der Waals surface area contributed by atoms with Gasteiger partial charge in [0.1, 0.15) is 6.54 Å². The van der Waals surface area contributed by atoms with Crippen molar-refractivity contribution >= 4 is 23.6 Å². The quantitative estimate of drug-likeness (QED) is 0.800. The number of hydrogen-bond donors (Lipinski definition) is 0. The van der Waals surface area contributed by atoms with Crippen molar-refractivity contribution < 1.29 is 9.59 Å². The smallest absolute Gasteiger partial charge is 0.242 e. The Hall–Kier alpha value is -1.49. The Bertz CT molecular complexity index is 464. The standard InChI is InChI=1S/C15H20N2O2S/c1-2-16(9-8-13-6-4-3-5-7-13)14(18)10-17-12-20-11-15(17)19/h3-7H,2,8-12H2,1H3. The van der Waals surface area contributed by atoms with Gasteiger partial charge in [-0.2, -0.15) is 0 Å². The molecule has 5 heteroatoms. The van der Waals surface area contributed by atoms with Crippen LogP contribution in [0.25, 0.3) is 0 Å². The number of rotatable bonds is 6. The first-order valence-electron chi connectivity index (χ1n) is 6.88. The molecule has 0 atom stereocenters. The molecule has 1 aliphatic heterocycles. The second-order valence-corrected chi connectivity index (χ2v) is 5.73. The van der Waals surface area contributed by atoms with Crippen LogP contribution in [0, 0.1) is 0 Å². The molecule has 0 spiro atoms. The molecule has 1 aromatic carbocycles. The molecular weight excluding hydrogens is 272 g/mol. The van der Waals surface area contributed by atoms with Crippen molar-refractivity contribution in [2.75, 3.05) is 31.3 Å². The minimum Gasteiger partial charge on any atom is -0.341 e. The third-order valence-electron chi connectivity index (χ3n) is 3.40. The molecular formula is C15H20N2O2S. The van der Waals surface area contributed by atoms with Crippen LogP contribution in [0.5, 0.6) is 0 Å². The largest absolute Gasteiger partial charge is 0.341 e. The van der Waals surface area contributed by atoms with Gasteiger partial charge in [0.25, 0.3) is 0 Å². The van der Waals surface area contributed by atoms with Gasteiger partial charge in [-0.05, 0) is 18.9 Å². The van der Waals surface area contributed by atoms with E-state index in [1.807, 2.05) is 30.0 Å². The summed E-state index contributed by atoms with van der Waals surface area (Å²) in [6.07, 6.45) is 0.850. The van der Waals surface area contributed by atoms with Gasteiger partial charge in [-0.15, -0.1) is 11.8 Å². The van der Waals surface area contributed by atoms with Gasteiger partial charge >= 0.3 is 0 Å². The topological polar surface area (TPSA) is 40.6 Å². The van der Waals surface area contributed by atoms with Gasteiger partial charge in [0.05, 0.1) is 11.6 Å². The average Bonchev–Trinajstić information content (AvgIpc) is 2.86. The third kappa shape index (κ3) is 4.00. The van der Waals surface area contributed by atoms with Crippen LogP contribution in [0.15, 0.2) is 30.3 Å². The molecule has 0 unspecified atom stereocenters. The predicted octanol–water partition coefficient (Wildman–Crippen LogP) is 1.61. The van der Waals surface area contributed by atoms with E-state index in [2.05, 4.69) is 12.1 Å². The van der Waals surface area contributed by atoms with Crippen LogP contribution in [0.1, 0.15) is 12.5 Å². The van der Waals surface area contributed by atoms with E-state index in [1.165, 1.54) is 5.56 Å². The Morgan fingerprint density at radius 1 is 1.35 bits per heavy atom. The lowest BCUT2D eigenvalue weighted by molar-refractivity contribution is -0.137. The van der Waals surface area contributed by atoms with E-state index in [0.29, 0.717) is 24.7 Å². The maximum atomic E-state index is 12.2. The van der Waals surface area contributed by atoms with Crippen LogP contribution in [-0.4, -0.2) is 52.9 Å². The molecule has 1 aliphatic rings. The van der Waals surface area contributed by atoms with Crippen LogP contribution in [-0.2, 0) is 16.0 Å². The zero-order valence-corrected chi connectivity index (χ0v) is 12.6. The van der Waals surface area contributed by atoms with Crippen molar-refractivity contribution in [1.29, 1.82) is 0 Å². The number of hydrogen-bond acceptors (Lipinski definition) is 3. The first kappa shape index (κ1) is 14.9. The summed E-state index contributed by atoms with van der Waals surface area (Å²) < 4.78 is 0. The molecule has 1 fully saturated rings.